The predicted octanol–water partition coefficient (Wildman–Crippen LogP) is 4.27. The van der Waals surface area contributed by atoms with Crippen molar-refractivity contribution in [3.05, 3.63) is 29.8 Å². The highest BCUT2D eigenvalue weighted by Gasteiger charge is 2.60. The van der Waals surface area contributed by atoms with Gasteiger partial charge in [-0.15, -0.1) is 0 Å². The summed E-state index contributed by atoms with van der Waals surface area (Å²) in [5.74, 6) is -1.52. The van der Waals surface area contributed by atoms with Crippen molar-refractivity contribution in [1.29, 1.82) is 0 Å². The molecule has 7 heteroatoms. The fourth-order valence-electron chi connectivity index (χ4n) is 5.51. The van der Waals surface area contributed by atoms with E-state index in [1.807, 2.05) is 52.0 Å². The number of benzene rings is 1. The van der Waals surface area contributed by atoms with E-state index in [2.05, 4.69) is 0 Å². The van der Waals surface area contributed by atoms with Gasteiger partial charge in [0, 0.05) is 12.0 Å². The van der Waals surface area contributed by atoms with Gasteiger partial charge >= 0.3 is 0 Å². The van der Waals surface area contributed by atoms with E-state index in [1.165, 1.54) is 12.8 Å². The van der Waals surface area contributed by atoms with E-state index < -0.39 is 17.4 Å². The molecule has 1 saturated carbocycles. The van der Waals surface area contributed by atoms with Crippen molar-refractivity contribution in [3.8, 4) is 5.75 Å². The van der Waals surface area contributed by atoms with Gasteiger partial charge < -0.3 is 33.2 Å². The maximum atomic E-state index is 6.91. The lowest BCUT2D eigenvalue weighted by molar-refractivity contribution is -0.342. The van der Waals surface area contributed by atoms with Crippen LogP contribution in [0.1, 0.15) is 65.4 Å². The second-order valence-electron chi connectivity index (χ2n) is 10.3. The Balaban J connectivity index is 1.52. The van der Waals surface area contributed by atoms with Gasteiger partial charge in [-0.05, 0) is 64.8 Å². The fourth-order valence-corrected chi connectivity index (χ4v) is 5.51. The first-order valence-corrected chi connectivity index (χ1v) is 11.9. The van der Waals surface area contributed by atoms with Gasteiger partial charge in [0.1, 0.15) is 24.1 Å². The van der Waals surface area contributed by atoms with Crippen LogP contribution in [0.25, 0.3) is 0 Å². The highest BCUT2D eigenvalue weighted by Crippen LogP contribution is 2.49. The summed E-state index contributed by atoms with van der Waals surface area (Å²) >= 11 is 0. The second kappa shape index (κ2) is 8.22. The third-order valence-electron chi connectivity index (χ3n) is 6.93. The lowest BCUT2D eigenvalue weighted by atomic mass is 9.88. The lowest BCUT2D eigenvalue weighted by Gasteiger charge is -2.47. The van der Waals surface area contributed by atoms with Crippen molar-refractivity contribution in [2.75, 3.05) is 13.7 Å². The van der Waals surface area contributed by atoms with Crippen molar-refractivity contribution in [2.45, 2.75) is 108 Å². The Morgan fingerprint density at radius 3 is 2.09 bits per heavy atom. The molecule has 5 atom stereocenters. The van der Waals surface area contributed by atoms with E-state index in [4.69, 9.17) is 33.2 Å². The molecule has 0 amide bonds. The molecule has 1 aromatic carbocycles. The van der Waals surface area contributed by atoms with Gasteiger partial charge in [0.2, 0.25) is 0 Å². The third-order valence-corrected chi connectivity index (χ3v) is 6.93. The van der Waals surface area contributed by atoms with Gasteiger partial charge in [0.25, 0.3) is 0 Å². The first kappa shape index (κ1) is 22.6. The first-order valence-electron chi connectivity index (χ1n) is 11.9. The molecule has 178 valence electrons. The Hall–Kier alpha value is -1.22. The molecule has 7 nitrogen and oxygen atoms in total. The summed E-state index contributed by atoms with van der Waals surface area (Å²) in [6.45, 7) is 8.19. The van der Waals surface area contributed by atoms with Crippen molar-refractivity contribution in [1.82, 2.24) is 0 Å². The van der Waals surface area contributed by atoms with Crippen LogP contribution in [0.5, 0.6) is 5.75 Å². The van der Waals surface area contributed by atoms with Crippen LogP contribution in [0.4, 0.5) is 0 Å². The predicted molar refractivity (Wildman–Crippen MR) is 116 cm³/mol. The summed E-state index contributed by atoms with van der Waals surface area (Å²) < 4.78 is 43.9. The van der Waals surface area contributed by atoms with Crippen LogP contribution in [-0.2, 0) is 34.2 Å². The van der Waals surface area contributed by atoms with E-state index in [0.717, 1.165) is 24.2 Å². The molecular formula is C25H36O7. The molecule has 3 aliphatic heterocycles. The summed E-state index contributed by atoms with van der Waals surface area (Å²) in [4.78, 5) is 0. The molecule has 3 saturated heterocycles. The van der Waals surface area contributed by atoms with E-state index in [1.54, 1.807) is 7.11 Å². The van der Waals surface area contributed by atoms with E-state index in [-0.39, 0.29) is 30.5 Å². The van der Waals surface area contributed by atoms with Gasteiger partial charge in [0.15, 0.2) is 17.4 Å². The van der Waals surface area contributed by atoms with Crippen molar-refractivity contribution in [3.63, 3.8) is 0 Å². The number of hydrogen-bond acceptors (Lipinski definition) is 7. The third kappa shape index (κ3) is 4.31. The molecule has 32 heavy (non-hydrogen) atoms. The minimum Gasteiger partial charge on any atom is -0.497 e. The highest BCUT2D eigenvalue weighted by atomic mass is 16.8. The molecule has 0 aromatic heterocycles. The molecule has 5 rings (SSSR count). The maximum absolute atomic E-state index is 6.91. The Morgan fingerprint density at radius 2 is 1.47 bits per heavy atom. The van der Waals surface area contributed by atoms with Crippen molar-refractivity contribution < 1.29 is 33.2 Å². The summed E-state index contributed by atoms with van der Waals surface area (Å²) in [6.07, 6.45) is 4.04. The van der Waals surface area contributed by atoms with Gasteiger partial charge in [-0.2, -0.15) is 0 Å². The maximum Gasteiger partial charge on any atom is 0.198 e. The monoisotopic (exact) mass is 448 g/mol. The number of rotatable bonds is 5. The summed E-state index contributed by atoms with van der Waals surface area (Å²) in [5, 5.41) is 0. The second-order valence-corrected chi connectivity index (χ2v) is 10.3. The van der Waals surface area contributed by atoms with E-state index in [9.17, 15) is 0 Å². The van der Waals surface area contributed by atoms with E-state index in [0.29, 0.717) is 13.0 Å². The zero-order valence-electron chi connectivity index (χ0n) is 19.8. The summed E-state index contributed by atoms with van der Waals surface area (Å²) in [6, 6.07) is 7.96. The van der Waals surface area contributed by atoms with Gasteiger partial charge in [-0.1, -0.05) is 12.8 Å². The van der Waals surface area contributed by atoms with Gasteiger partial charge in [-0.25, -0.2) is 0 Å². The standard InChI is InChI=1S/C25H36O7/c1-23(2)27-15-20(30-23)22-21-19(29-24(3,4)31-21)14-25(32-22,28-18-8-6-7-9-18)16-10-12-17(26-5)13-11-16/h10-13,18-22H,6-9,14-15H2,1-5H3/t19-,20-,21-,22-,25+/m1/s1. The van der Waals surface area contributed by atoms with Crippen LogP contribution < -0.4 is 4.74 Å². The average Bonchev–Trinajstić information content (AvgIpc) is 3.45. The Labute approximate surface area is 190 Å². The SMILES string of the molecule is COc1ccc([C@]2(OC3CCCC3)C[C@H]3OC(C)(C)O[C@H]3[C@@H]([C@H]3COC(C)(C)O3)O2)cc1. The molecule has 0 bridgehead atoms. The minimum absolute atomic E-state index is 0.154. The largest absolute Gasteiger partial charge is 0.497 e. The number of methoxy groups -OCH3 is 1. The molecule has 1 aromatic rings. The molecule has 0 spiro atoms. The molecule has 3 heterocycles. The van der Waals surface area contributed by atoms with Crippen LogP contribution in [0, 0.1) is 0 Å². The van der Waals surface area contributed by atoms with Crippen LogP contribution in [-0.4, -0.2) is 55.8 Å². The fraction of sp³-hybridized carbons (Fsp3) is 0.760. The minimum atomic E-state index is -0.951. The van der Waals surface area contributed by atoms with Crippen molar-refractivity contribution >= 4 is 0 Å². The van der Waals surface area contributed by atoms with E-state index >= 15 is 0 Å². The van der Waals surface area contributed by atoms with Crippen LogP contribution in [0.15, 0.2) is 24.3 Å². The molecular weight excluding hydrogens is 412 g/mol. The molecule has 0 unspecified atom stereocenters. The zero-order chi connectivity index (χ0) is 22.6. The normalized spacial score (nSPS) is 38.7. The Morgan fingerprint density at radius 1 is 0.812 bits per heavy atom. The lowest BCUT2D eigenvalue weighted by Crippen LogP contribution is -2.58. The Kier molecular flexibility index (Phi) is 5.80. The molecule has 4 fully saturated rings. The zero-order valence-corrected chi connectivity index (χ0v) is 19.8. The smallest absolute Gasteiger partial charge is 0.198 e. The molecule has 0 radical (unpaired) electrons. The quantitative estimate of drug-likeness (QED) is 0.667. The van der Waals surface area contributed by atoms with Gasteiger partial charge in [-0.3, -0.25) is 0 Å². The summed E-state index contributed by atoms with van der Waals surface area (Å²) in [5.41, 5.74) is 0.958. The van der Waals surface area contributed by atoms with Crippen LogP contribution in [0.3, 0.4) is 0 Å². The van der Waals surface area contributed by atoms with Crippen LogP contribution >= 0.6 is 0 Å². The molecule has 1 aliphatic carbocycles. The average molecular weight is 449 g/mol. The van der Waals surface area contributed by atoms with Gasteiger partial charge in [0.05, 0.1) is 25.9 Å². The number of hydrogen-bond donors (Lipinski definition) is 0. The number of fused-ring (bicyclic) bond motifs is 1. The molecule has 4 aliphatic rings. The highest BCUT2D eigenvalue weighted by molar-refractivity contribution is 5.31. The Bertz CT molecular complexity index is 801. The molecule has 0 N–H and O–H groups in total. The number of ether oxygens (including phenoxy) is 7. The topological polar surface area (TPSA) is 64.6 Å². The van der Waals surface area contributed by atoms with Crippen molar-refractivity contribution in [2.24, 2.45) is 0 Å². The van der Waals surface area contributed by atoms with Crippen LogP contribution in [0.2, 0.25) is 0 Å². The summed E-state index contributed by atoms with van der Waals surface area (Å²) in [7, 11) is 1.67. The first-order chi connectivity index (χ1) is 15.2.